The fraction of sp³-hybridized carbons (Fsp3) is 0.400. The number of carbonyl (C=O) groups is 3. The van der Waals surface area contributed by atoms with Gasteiger partial charge >= 0.3 is 16.3 Å². The molecule has 0 bridgehead atoms. The molecule has 1 aliphatic rings. The minimum Gasteiger partial charge on any atom is -0.478 e. The van der Waals surface area contributed by atoms with Gasteiger partial charge in [0.05, 0.1) is 18.8 Å². The van der Waals surface area contributed by atoms with Gasteiger partial charge in [-0.25, -0.2) is 14.1 Å². The third-order valence-electron chi connectivity index (χ3n) is 4.41. The van der Waals surface area contributed by atoms with Crippen molar-refractivity contribution in [2.45, 2.75) is 38.1 Å². The summed E-state index contributed by atoms with van der Waals surface area (Å²) >= 11 is 0.964. The smallest absolute Gasteiger partial charge is 0.362 e. The number of carbonyl (C=O) groups excluding carboxylic acids is 2. The number of anilines is 1. The second-order valence-corrected chi connectivity index (χ2v) is 9.35. The summed E-state index contributed by atoms with van der Waals surface area (Å²) in [4.78, 5) is 45.5. The standard InChI is InChI=1S/C15H18N8O8S2/c1-15(2,13(26)27)31-20-9(7-6-32-14(16)18-7)11(24)19-10-8(5-22-4-3-17-21-22)23(12(10)25)33(28,29)30/h3-4,6,8,10H,5H2,1-2H3,(H2,16,18)(H,19,24)(H,26,27)(H,28,29,30)/t8-,10-/m0/s1. The maximum atomic E-state index is 12.9. The number of thiazole rings is 1. The Labute approximate surface area is 189 Å². The van der Waals surface area contributed by atoms with E-state index in [9.17, 15) is 32.5 Å². The van der Waals surface area contributed by atoms with E-state index in [1.54, 1.807) is 0 Å². The molecule has 1 aliphatic heterocycles. The highest BCUT2D eigenvalue weighted by atomic mass is 32.2. The highest BCUT2D eigenvalue weighted by Crippen LogP contribution is 2.25. The number of carboxylic acid groups (broad SMARTS) is 1. The van der Waals surface area contributed by atoms with Gasteiger partial charge in [-0.2, -0.15) is 8.42 Å². The van der Waals surface area contributed by atoms with E-state index in [-0.39, 0.29) is 21.7 Å². The molecule has 0 saturated carbocycles. The van der Waals surface area contributed by atoms with Gasteiger partial charge in [0.1, 0.15) is 11.7 Å². The first-order valence-corrected chi connectivity index (χ1v) is 11.3. The van der Waals surface area contributed by atoms with E-state index in [0.29, 0.717) is 0 Å². The van der Waals surface area contributed by atoms with Crippen molar-refractivity contribution < 1.29 is 37.3 Å². The lowest BCUT2D eigenvalue weighted by Gasteiger charge is -2.43. The van der Waals surface area contributed by atoms with E-state index < -0.39 is 51.5 Å². The fourth-order valence-electron chi connectivity index (χ4n) is 2.67. The Morgan fingerprint density at radius 3 is 2.64 bits per heavy atom. The SMILES string of the molecule is CC(C)(ON=C(C(=O)N[C@@H]1C(=O)N(S(=O)(=O)O)[C@H]1Cn1ccnn1)c1csc(N)n1)C(=O)O. The van der Waals surface area contributed by atoms with Crippen LogP contribution in [0.25, 0.3) is 0 Å². The summed E-state index contributed by atoms with van der Waals surface area (Å²) in [5, 5.41) is 23.7. The molecule has 3 heterocycles. The number of amides is 2. The number of hydrogen-bond donors (Lipinski definition) is 4. The van der Waals surface area contributed by atoms with Gasteiger partial charge in [-0.05, 0) is 13.8 Å². The van der Waals surface area contributed by atoms with Crippen LogP contribution in [0.4, 0.5) is 5.13 Å². The number of carboxylic acids is 1. The predicted octanol–water partition coefficient (Wildman–Crippen LogP) is -1.90. The predicted molar refractivity (Wildman–Crippen MR) is 110 cm³/mol. The third-order valence-corrected chi connectivity index (χ3v) is 6.03. The molecule has 0 radical (unpaired) electrons. The summed E-state index contributed by atoms with van der Waals surface area (Å²) < 4.78 is 34.0. The monoisotopic (exact) mass is 502 g/mol. The number of hydrogen-bond acceptors (Lipinski definition) is 12. The number of oxime groups is 1. The Bertz CT molecular complexity index is 1210. The van der Waals surface area contributed by atoms with Gasteiger partial charge in [-0.3, -0.25) is 18.8 Å². The summed E-state index contributed by atoms with van der Waals surface area (Å²) in [5.74, 6) is -3.51. The van der Waals surface area contributed by atoms with E-state index in [4.69, 9.17) is 10.6 Å². The molecule has 2 aromatic heterocycles. The average molecular weight is 502 g/mol. The van der Waals surface area contributed by atoms with E-state index in [0.717, 1.165) is 11.3 Å². The molecular formula is C15H18N8O8S2. The number of rotatable bonds is 9. The highest BCUT2D eigenvalue weighted by Gasteiger charge is 2.54. The average Bonchev–Trinajstić information content (AvgIpc) is 3.36. The van der Waals surface area contributed by atoms with Crippen molar-refractivity contribution in [3.05, 3.63) is 23.5 Å². The molecule has 5 N–H and O–H groups in total. The van der Waals surface area contributed by atoms with Crippen molar-refractivity contribution >= 4 is 50.3 Å². The number of aliphatic carboxylic acids is 1. The number of β-lactam (4-membered cyclic amide) rings is 1. The maximum Gasteiger partial charge on any atom is 0.362 e. The lowest BCUT2D eigenvalue weighted by atomic mass is 9.98. The van der Waals surface area contributed by atoms with Crippen LogP contribution in [-0.2, 0) is 36.1 Å². The molecule has 2 aromatic rings. The summed E-state index contributed by atoms with van der Waals surface area (Å²) in [6.45, 7) is 2.16. The Kier molecular flexibility index (Phi) is 6.34. The fourth-order valence-corrected chi connectivity index (χ4v) is 4.09. The van der Waals surface area contributed by atoms with Gasteiger partial charge in [0.2, 0.25) is 5.60 Å². The van der Waals surface area contributed by atoms with Gasteiger partial charge in [0.25, 0.3) is 11.8 Å². The van der Waals surface area contributed by atoms with Crippen molar-refractivity contribution in [2.24, 2.45) is 5.16 Å². The van der Waals surface area contributed by atoms with E-state index in [1.165, 1.54) is 36.3 Å². The quantitative estimate of drug-likeness (QED) is 0.127. The number of nitrogen functional groups attached to an aromatic ring is 1. The molecule has 178 valence electrons. The van der Waals surface area contributed by atoms with Crippen molar-refractivity contribution in [1.82, 2.24) is 29.6 Å². The zero-order valence-corrected chi connectivity index (χ0v) is 18.6. The van der Waals surface area contributed by atoms with E-state index in [1.807, 2.05) is 0 Å². The van der Waals surface area contributed by atoms with Crippen LogP contribution in [0, 0.1) is 0 Å². The molecule has 3 rings (SSSR count). The van der Waals surface area contributed by atoms with Crippen LogP contribution in [-0.4, -0.2) is 83.5 Å². The topological polar surface area (TPSA) is 232 Å². The molecule has 1 saturated heterocycles. The molecule has 16 nitrogen and oxygen atoms in total. The van der Waals surface area contributed by atoms with Gasteiger partial charge in [0, 0.05) is 11.6 Å². The van der Waals surface area contributed by atoms with Crippen LogP contribution in [0.3, 0.4) is 0 Å². The van der Waals surface area contributed by atoms with Crippen molar-refractivity contribution in [1.29, 1.82) is 0 Å². The molecule has 2 amide bonds. The van der Waals surface area contributed by atoms with Crippen LogP contribution in [0.2, 0.25) is 0 Å². The van der Waals surface area contributed by atoms with Crippen molar-refractivity contribution in [2.75, 3.05) is 5.73 Å². The van der Waals surface area contributed by atoms with Crippen molar-refractivity contribution in [3.63, 3.8) is 0 Å². The van der Waals surface area contributed by atoms with Gasteiger partial charge in [0.15, 0.2) is 10.8 Å². The number of nitrogens with one attached hydrogen (secondary N) is 1. The summed E-state index contributed by atoms with van der Waals surface area (Å²) in [6.07, 6.45) is 2.70. The lowest BCUT2D eigenvalue weighted by Crippen LogP contribution is -2.73. The van der Waals surface area contributed by atoms with Crippen molar-refractivity contribution in [3.8, 4) is 0 Å². The first-order chi connectivity index (χ1) is 15.3. The first-order valence-electron chi connectivity index (χ1n) is 8.98. The van der Waals surface area contributed by atoms with Crippen LogP contribution in [0.5, 0.6) is 0 Å². The normalized spacial score (nSPS) is 19.2. The Balaban J connectivity index is 1.88. The lowest BCUT2D eigenvalue weighted by molar-refractivity contribution is -0.161. The molecule has 0 unspecified atom stereocenters. The van der Waals surface area contributed by atoms with E-state index >= 15 is 0 Å². The second kappa shape index (κ2) is 8.71. The number of nitrogens with zero attached hydrogens (tertiary/aromatic N) is 6. The minimum absolute atomic E-state index is 0.0672. The highest BCUT2D eigenvalue weighted by molar-refractivity contribution is 7.84. The molecular weight excluding hydrogens is 484 g/mol. The third kappa shape index (κ3) is 5.07. The second-order valence-electron chi connectivity index (χ2n) is 7.17. The van der Waals surface area contributed by atoms with Crippen LogP contribution >= 0.6 is 11.3 Å². The minimum atomic E-state index is -4.92. The van der Waals surface area contributed by atoms with Gasteiger partial charge in [-0.1, -0.05) is 10.4 Å². The Morgan fingerprint density at radius 1 is 1.42 bits per heavy atom. The Morgan fingerprint density at radius 2 is 2.12 bits per heavy atom. The zero-order chi connectivity index (χ0) is 24.6. The first kappa shape index (κ1) is 24.0. The van der Waals surface area contributed by atoms with Crippen LogP contribution in [0.15, 0.2) is 22.9 Å². The molecule has 0 aliphatic carbocycles. The van der Waals surface area contributed by atoms with E-state index in [2.05, 4.69) is 25.8 Å². The van der Waals surface area contributed by atoms with Gasteiger partial charge in [-0.15, -0.1) is 16.4 Å². The molecule has 0 spiro atoms. The van der Waals surface area contributed by atoms with Crippen LogP contribution < -0.4 is 11.1 Å². The number of nitrogens with two attached hydrogens (primary N) is 1. The summed E-state index contributed by atoms with van der Waals surface area (Å²) in [7, 11) is -4.92. The zero-order valence-electron chi connectivity index (χ0n) is 17.0. The largest absolute Gasteiger partial charge is 0.478 e. The number of aromatic nitrogens is 4. The maximum absolute atomic E-state index is 12.9. The van der Waals surface area contributed by atoms with Crippen LogP contribution in [0.1, 0.15) is 19.5 Å². The molecule has 0 aromatic carbocycles. The Hall–Kier alpha value is -3.64. The summed E-state index contributed by atoms with van der Waals surface area (Å²) in [5.41, 5.74) is 3.21. The van der Waals surface area contributed by atoms with Gasteiger partial charge < -0.3 is 21.0 Å². The summed E-state index contributed by atoms with van der Waals surface area (Å²) in [6, 6.07) is -2.64. The molecule has 2 atom stereocenters. The molecule has 18 heteroatoms. The molecule has 1 fully saturated rings. The molecule has 33 heavy (non-hydrogen) atoms.